The van der Waals surface area contributed by atoms with E-state index in [9.17, 15) is 0 Å². The average Bonchev–Trinajstić information content (AvgIpc) is 2.10. The largest absolute Gasteiger partial charge is 0.396 e. The van der Waals surface area contributed by atoms with Crippen LogP contribution in [-0.2, 0) is 0 Å². The Morgan fingerprint density at radius 1 is 0.917 bits per heavy atom. The van der Waals surface area contributed by atoms with Gasteiger partial charge in [0.05, 0.1) is 0 Å². The second kappa shape index (κ2) is 10.7. The Labute approximate surface area is 76.5 Å². The maximum atomic E-state index is 8.52. The summed E-state index contributed by atoms with van der Waals surface area (Å²) in [5.74, 6) is 0. The van der Waals surface area contributed by atoms with Crippen LogP contribution in [0.5, 0.6) is 0 Å². The summed E-state index contributed by atoms with van der Waals surface area (Å²) < 4.78 is 0. The topological polar surface area (TPSA) is 20.2 Å². The molecule has 0 saturated carbocycles. The number of hydrogen-bond acceptors (Lipinski definition) is 1. The van der Waals surface area contributed by atoms with Crippen LogP contribution in [0.3, 0.4) is 0 Å². The van der Waals surface area contributed by atoms with Gasteiger partial charge in [-0.15, -0.1) is 0 Å². The number of aliphatic hydroxyl groups excluding tert-OH is 1. The fraction of sp³-hybridized carbons (Fsp3) is 0.818. The molecule has 0 aromatic heterocycles. The van der Waals surface area contributed by atoms with E-state index in [1.165, 1.54) is 32.1 Å². The second-order valence-corrected chi connectivity index (χ2v) is 3.19. The summed E-state index contributed by atoms with van der Waals surface area (Å²) in [5.41, 5.74) is 0. The standard InChI is InChI=1S/C11H22O/c1-2-3-4-5-6-7-8-9-10-11-12/h5-6,12H,2-4,7-11H2,1H3/b6-5-. The summed E-state index contributed by atoms with van der Waals surface area (Å²) in [6.45, 7) is 2.56. The van der Waals surface area contributed by atoms with Gasteiger partial charge in [-0.3, -0.25) is 0 Å². The summed E-state index contributed by atoms with van der Waals surface area (Å²) in [7, 11) is 0. The van der Waals surface area contributed by atoms with E-state index in [1.807, 2.05) is 0 Å². The van der Waals surface area contributed by atoms with Crippen LogP contribution in [0, 0.1) is 0 Å². The zero-order valence-electron chi connectivity index (χ0n) is 8.26. The molecule has 0 unspecified atom stereocenters. The van der Waals surface area contributed by atoms with Crippen LogP contribution in [0.2, 0.25) is 0 Å². The Hall–Kier alpha value is -0.300. The molecule has 1 N–H and O–H groups in total. The van der Waals surface area contributed by atoms with Crippen molar-refractivity contribution in [1.29, 1.82) is 0 Å². The Bertz CT molecular complexity index is 97.2. The predicted octanol–water partition coefficient (Wildman–Crippen LogP) is 3.29. The lowest BCUT2D eigenvalue weighted by Crippen LogP contribution is -1.81. The molecule has 0 aliphatic rings. The zero-order chi connectivity index (χ0) is 9.07. The fourth-order valence-corrected chi connectivity index (χ4v) is 1.11. The first-order valence-electron chi connectivity index (χ1n) is 5.17. The van der Waals surface area contributed by atoms with Crippen LogP contribution in [0.1, 0.15) is 51.9 Å². The Kier molecular flexibility index (Phi) is 10.4. The lowest BCUT2D eigenvalue weighted by atomic mass is 10.1. The Morgan fingerprint density at radius 2 is 1.58 bits per heavy atom. The van der Waals surface area contributed by atoms with Crippen molar-refractivity contribution in [1.82, 2.24) is 0 Å². The Morgan fingerprint density at radius 3 is 2.17 bits per heavy atom. The lowest BCUT2D eigenvalue weighted by molar-refractivity contribution is 0.283. The van der Waals surface area contributed by atoms with Crippen LogP contribution in [0.15, 0.2) is 12.2 Å². The highest BCUT2D eigenvalue weighted by Gasteiger charge is 1.84. The smallest absolute Gasteiger partial charge is 0.0431 e. The third kappa shape index (κ3) is 9.70. The molecule has 72 valence electrons. The first-order valence-corrected chi connectivity index (χ1v) is 5.17. The molecule has 0 amide bonds. The molecule has 0 fully saturated rings. The molecule has 0 aromatic rings. The van der Waals surface area contributed by atoms with Crippen molar-refractivity contribution in [2.24, 2.45) is 0 Å². The van der Waals surface area contributed by atoms with Crippen LogP contribution in [0.25, 0.3) is 0 Å². The van der Waals surface area contributed by atoms with E-state index in [2.05, 4.69) is 19.1 Å². The average molecular weight is 170 g/mol. The molecule has 0 aromatic carbocycles. The fourth-order valence-electron chi connectivity index (χ4n) is 1.11. The molecule has 0 bridgehead atoms. The molecule has 1 heteroatoms. The van der Waals surface area contributed by atoms with Gasteiger partial charge < -0.3 is 5.11 Å². The van der Waals surface area contributed by atoms with Crippen LogP contribution in [0.4, 0.5) is 0 Å². The van der Waals surface area contributed by atoms with Gasteiger partial charge in [0, 0.05) is 6.61 Å². The van der Waals surface area contributed by atoms with Gasteiger partial charge in [0.15, 0.2) is 0 Å². The van der Waals surface area contributed by atoms with Gasteiger partial charge in [-0.25, -0.2) is 0 Å². The van der Waals surface area contributed by atoms with Crippen molar-refractivity contribution in [3.8, 4) is 0 Å². The maximum Gasteiger partial charge on any atom is 0.0431 e. The van der Waals surface area contributed by atoms with E-state index in [4.69, 9.17) is 5.11 Å². The van der Waals surface area contributed by atoms with Crippen LogP contribution < -0.4 is 0 Å². The normalized spacial score (nSPS) is 11.2. The van der Waals surface area contributed by atoms with Gasteiger partial charge in [0.1, 0.15) is 0 Å². The SMILES string of the molecule is CCCC/C=C\CCCCCO. The quantitative estimate of drug-likeness (QED) is 0.438. The molecule has 0 aliphatic carbocycles. The number of aliphatic hydroxyl groups is 1. The number of rotatable bonds is 8. The molecule has 0 saturated heterocycles. The van der Waals surface area contributed by atoms with Gasteiger partial charge in [-0.05, 0) is 25.7 Å². The summed E-state index contributed by atoms with van der Waals surface area (Å²) in [5, 5.41) is 8.52. The van der Waals surface area contributed by atoms with Crippen molar-refractivity contribution in [2.45, 2.75) is 51.9 Å². The van der Waals surface area contributed by atoms with E-state index in [0.29, 0.717) is 6.61 Å². The first kappa shape index (κ1) is 11.7. The number of unbranched alkanes of at least 4 members (excludes halogenated alkanes) is 5. The van der Waals surface area contributed by atoms with Gasteiger partial charge in [-0.2, -0.15) is 0 Å². The van der Waals surface area contributed by atoms with Crippen LogP contribution >= 0.6 is 0 Å². The van der Waals surface area contributed by atoms with E-state index in [0.717, 1.165) is 12.8 Å². The zero-order valence-corrected chi connectivity index (χ0v) is 8.26. The monoisotopic (exact) mass is 170 g/mol. The summed E-state index contributed by atoms with van der Waals surface area (Å²) >= 11 is 0. The van der Waals surface area contributed by atoms with Gasteiger partial charge in [0.2, 0.25) is 0 Å². The summed E-state index contributed by atoms with van der Waals surface area (Å²) in [6.07, 6.45) is 12.9. The minimum Gasteiger partial charge on any atom is -0.396 e. The first-order chi connectivity index (χ1) is 5.91. The van der Waals surface area contributed by atoms with Crippen molar-refractivity contribution >= 4 is 0 Å². The van der Waals surface area contributed by atoms with Gasteiger partial charge >= 0.3 is 0 Å². The van der Waals surface area contributed by atoms with Gasteiger partial charge in [0.25, 0.3) is 0 Å². The van der Waals surface area contributed by atoms with E-state index in [-0.39, 0.29) is 0 Å². The molecule has 0 radical (unpaired) electrons. The van der Waals surface area contributed by atoms with E-state index < -0.39 is 0 Å². The predicted molar refractivity (Wildman–Crippen MR) is 54.2 cm³/mol. The van der Waals surface area contributed by atoms with Crippen LogP contribution in [-0.4, -0.2) is 11.7 Å². The molecule has 0 spiro atoms. The van der Waals surface area contributed by atoms with E-state index in [1.54, 1.807) is 0 Å². The summed E-state index contributed by atoms with van der Waals surface area (Å²) in [6, 6.07) is 0. The highest BCUT2D eigenvalue weighted by Crippen LogP contribution is 2.01. The highest BCUT2D eigenvalue weighted by molar-refractivity contribution is 4.80. The summed E-state index contributed by atoms with van der Waals surface area (Å²) in [4.78, 5) is 0. The maximum absolute atomic E-state index is 8.52. The molecular formula is C11H22O. The third-order valence-corrected chi connectivity index (χ3v) is 1.92. The highest BCUT2D eigenvalue weighted by atomic mass is 16.2. The molecule has 0 aliphatic heterocycles. The van der Waals surface area contributed by atoms with Gasteiger partial charge in [-0.1, -0.05) is 38.3 Å². The molecule has 0 heterocycles. The van der Waals surface area contributed by atoms with E-state index >= 15 is 0 Å². The Balaban J connectivity index is 2.92. The lowest BCUT2D eigenvalue weighted by Gasteiger charge is -1.93. The van der Waals surface area contributed by atoms with Crippen molar-refractivity contribution < 1.29 is 5.11 Å². The third-order valence-electron chi connectivity index (χ3n) is 1.92. The molecule has 0 rings (SSSR count). The molecule has 12 heavy (non-hydrogen) atoms. The molecule has 0 atom stereocenters. The van der Waals surface area contributed by atoms with Crippen molar-refractivity contribution in [3.63, 3.8) is 0 Å². The number of allylic oxidation sites excluding steroid dienone is 2. The van der Waals surface area contributed by atoms with Crippen molar-refractivity contribution in [3.05, 3.63) is 12.2 Å². The molecule has 1 nitrogen and oxygen atoms in total. The minimum absolute atomic E-state index is 0.347. The number of hydrogen-bond donors (Lipinski definition) is 1. The minimum atomic E-state index is 0.347. The second-order valence-electron chi connectivity index (χ2n) is 3.19. The van der Waals surface area contributed by atoms with Crippen molar-refractivity contribution in [2.75, 3.05) is 6.61 Å². The molecular weight excluding hydrogens is 148 g/mol.